The molecule has 0 atom stereocenters. The Morgan fingerprint density at radius 3 is 2.96 bits per heavy atom. The fourth-order valence-corrected chi connectivity index (χ4v) is 5.97. The minimum absolute atomic E-state index is 0.0905. The number of aromatic nitrogens is 4. The van der Waals surface area contributed by atoms with Crippen molar-refractivity contribution in [2.24, 2.45) is 7.05 Å². The van der Waals surface area contributed by atoms with Gasteiger partial charge in [-0.1, -0.05) is 17.8 Å². The molecule has 1 aliphatic rings. The molecular formula is C20H20N4OS2. The smallest absolute Gasteiger partial charge is 0.262 e. The van der Waals surface area contributed by atoms with Crippen molar-refractivity contribution >= 4 is 39.0 Å². The molecule has 5 rings (SSSR count). The third-order valence-electron chi connectivity index (χ3n) is 5.23. The second-order valence-corrected chi connectivity index (χ2v) is 9.12. The Kier molecular flexibility index (Phi) is 4.09. The standard InChI is InChI=1S/C20H20N4OS2/c1-12-6-5-9-24-10-13(21-17(12)24)11-26-20-22-18-16(19(25)23(20)2)14-7-3-4-8-15(14)27-18/h5-6,9-10H,3-4,7-8,11H2,1-2H3. The Bertz CT molecular complexity index is 1230. The van der Waals surface area contributed by atoms with Crippen molar-refractivity contribution in [2.45, 2.75) is 43.5 Å². The molecule has 4 heterocycles. The van der Waals surface area contributed by atoms with E-state index in [2.05, 4.69) is 19.2 Å². The third kappa shape index (κ3) is 2.80. The summed E-state index contributed by atoms with van der Waals surface area (Å²) in [6.07, 6.45) is 8.55. The molecule has 4 aromatic heterocycles. The number of aryl methyl sites for hydroxylation is 3. The first-order chi connectivity index (χ1) is 13.1. The summed E-state index contributed by atoms with van der Waals surface area (Å²) in [5.41, 5.74) is 4.48. The van der Waals surface area contributed by atoms with Gasteiger partial charge in [0, 0.05) is 30.1 Å². The molecule has 4 aromatic rings. The fraction of sp³-hybridized carbons (Fsp3) is 0.350. The molecule has 0 bridgehead atoms. The summed E-state index contributed by atoms with van der Waals surface area (Å²) in [6.45, 7) is 2.07. The van der Waals surface area contributed by atoms with Crippen LogP contribution in [0.1, 0.15) is 34.5 Å². The molecule has 0 N–H and O–H groups in total. The summed E-state index contributed by atoms with van der Waals surface area (Å²) in [5, 5.41) is 1.62. The van der Waals surface area contributed by atoms with Crippen molar-refractivity contribution in [1.82, 2.24) is 18.9 Å². The summed E-state index contributed by atoms with van der Waals surface area (Å²) >= 11 is 3.29. The number of fused-ring (bicyclic) bond motifs is 4. The van der Waals surface area contributed by atoms with Crippen LogP contribution >= 0.6 is 23.1 Å². The van der Waals surface area contributed by atoms with Gasteiger partial charge in [-0.05, 0) is 49.8 Å². The predicted molar refractivity (Wildman–Crippen MR) is 111 cm³/mol. The van der Waals surface area contributed by atoms with Crippen LogP contribution in [0.4, 0.5) is 0 Å². The summed E-state index contributed by atoms with van der Waals surface area (Å²) in [6, 6.07) is 4.09. The molecule has 1 aliphatic carbocycles. The molecule has 0 spiro atoms. The van der Waals surface area contributed by atoms with Gasteiger partial charge < -0.3 is 4.40 Å². The zero-order valence-corrected chi connectivity index (χ0v) is 17.0. The maximum atomic E-state index is 13.0. The van der Waals surface area contributed by atoms with Gasteiger partial charge >= 0.3 is 0 Å². The maximum Gasteiger partial charge on any atom is 0.262 e. The number of rotatable bonds is 3. The Balaban J connectivity index is 1.50. The van der Waals surface area contributed by atoms with Crippen LogP contribution in [0.3, 0.4) is 0 Å². The SMILES string of the molecule is Cc1cccn2cc(CSc3nc4sc5c(c4c(=O)n3C)CCCC5)nc12. The molecule has 0 fully saturated rings. The highest BCUT2D eigenvalue weighted by molar-refractivity contribution is 7.98. The first-order valence-electron chi connectivity index (χ1n) is 9.19. The normalized spacial score (nSPS) is 14.1. The Hall–Kier alpha value is -2.12. The van der Waals surface area contributed by atoms with E-state index >= 15 is 0 Å². The Labute approximate surface area is 165 Å². The van der Waals surface area contributed by atoms with Crippen molar-refractivity contribution < 1.29 is 0 Å². The highest BCUT2D eigenvalue weighted by Crippen LogP contribution is 2.34. The lowest BCUT2D eigenvalue weighted by atomic mass is 9.97. The monoisotopic (exact) mass is 396 g/mol. The van der Waals surface area contributed by atoms with Crippen molar-refractivity contribution in [1.29, 1.82) is 0 Å². The number of imidazole rings is 1. The van der Waals surface area contributed by atoms with Gasteiger partial charge in [-0.15, -0.1) is 11.3 Å². The van der Waals surface area contributed by atoms with Gasteiger partial charge in [0.25, 0.3) is 5.56 Å². The first kappa shape index (κ1) is 17.0. The van der Waals surface area contributed by atoms with Crippen molar-refractivity contribution in [3.8, 4) is 0 Å². The van der Waals surface area contributed by atoms with Gasteiger partial charge in [0.2, 0.25) is 0 Å². The van der Waals surface area contributed by atoms with Crippen molar-refractivity contribution in [3.63, 3.8) is 0 Å². The molecule has 0 radical (unpaired) electrons. The molecule has 0 aromatic carbocycles. The predicted octanol–water partition coefficient (Wildman–Crippen LogP) is 4.12. The average Bonchev–Trinajstić information content (AvgIpc) is 3.25. The van der Waals surface area contributed by atoms with Crippen molar-refractivity contribution in [3.05, 3.63) is 56.6 Å². The van der Waals surface area contributed by atoms with E-state index in [4.69, 9.17) is 9.97 Å². The number of hydrogen-bond acceptors (Lipinski definition) is 5. The zero-order chi connectivity index (χ0) is 18.5. The van der Waals surface area contributed by atoms with Crippen LogP contribution in [0.5, 0.6) is 0 Å². The highest BCUT2D eigenvalue weighted by atomic mass is 32.2. The molecule has 0 saturated carbocycles. The van der Waals surface area contributed by atoms with E-state index in [0.29, 0.717) is 5.75 Å². The van der Waals surface area contributed by atoms with E-state index in [1.165, 1.54) is 23.3 Å². The Morgan fingerprint density at radius 2 is 2.11 bits per heavy atom. The number of thioether (sulfide) groups is 1. The Morgan fingerprint density at radius 1 is 1.26 bits per heavy atom. The molecule has 0 aliphatic heterocycles. The lowest BCUT2D eigenvalue weighted by molar-refractivity contribution is 0.695. The third-order valence-corrected chi connectivity index (χ3v) is 7.48. The quantitative estimate of drug-likeness (QED) is 0.386. The van der Waals surface area contributed by atoms with Crippen LogP contribution < -0.4 is 5.56 Å². The number of thiophene rings is 1. The lowest BCUT2D eigenvalue weighted by Gasteiger charge is -2.10. The van der Waals surface area contributed by atoms with Crippen LogP contribution in [-0.4, -0.2) is 18.9 Å². The van der Waals surface area contributed by atoms with E-state index in [9.17, 15) is 4.79 Å². The fourth-order valence-electron chi connectivity index (χ4n) is 3.81. The molecule has 5 nitrogen and oxygen atoms in total. The summed E-state index contributed by atoms with van der Waals surface area (Å²) in [4.78, 5) is 24.8. The average molecular weight is 397 g/mol. The van der Waals surface area contributed by atoms with Crippen LogP contribution in [-0.2, 0) is 25.6 Å². The minimum atomic E-state index is 0.0905. The molecule has 27 heavy (non-hydrogen) atoms. The summed E-state index contributed by atoms with van der Waals surface area (Å²) in [5.74, 6) is 0.692. The van der Waals surface area contributed by atoms with Gasteiger partial charge in [0.15, 0.2) is 5.16 Å². The molecular weight excluding hydrogens is 376 g/mol. The van der Waals surface area contributed by atoms with Gasteiger partial charge in [0.05, 0.1) is 11.1 Å². The minimum Gasteiger partial charge on any atom is -0.307 e. The van der Waals surface area contributed by atoms with Crippen LogP contribution in [0.15, 0.2) is 34.5 Å². The summed E-state index contributed by atoms with van der Waals surface area (Å²) < 4.78 is 3.75. The zero-order valence-electron chi connectivity index (χ0n) is 15.4. The molecule has 138 valence electrons. The first-order valence-corrected chi connectivity index (χ1v) is 11.0. The number of nitrogens with zero attached hydrogens (tertiary/aromatic N) is 4. The lowest BCUT2D eigenvalue weighted by Crippen LogP contribution is -2.20. The molecule has 0 saturated heterocycles. The van der Waals surface area contributed by atoms with Crippen LogP contribution in [0, 0.1) is 6.92 Å². The second-order valence-electron chi connectivity index (χ2n) is 7.09. The van der Waals surface area contributed by atoms with Crippen LogP contribution in [0.2, 0.25) is 0 Å². The molecule has 0 amide bonds. The molecule has 0 unspecified atom stereocenters. The van der Waals surface area contributed by atoms with Gasteiger partial charge in [0.1, 0.15) is 10.5 Å². The van der Waals surface area contributed by atoms with E-state index in [1.807, 2.05) is 23.7 Å². The topological polar surface area (TPSA) is 52.2 Å². The molecule has 7 heteroatoms. The largest absolute Gasteiger partial charge is 0.307 e. The highest BCUT2D eigenvalue weighted by Gasteiger charge is 2.21. The second kappa shape index (κ2) is 6.49. The van der Waals surface area contributed by atoms with Gasteiger partial charge in [-0.2, -0.15) is 0 Å². The van der Waals surface area contributed by atoms with E-state index < -0.39 is 0 Å². The maximum absolute atomic E-state index is 13.0. The van der Waals surface area contributed by atoms with E-state index in [0.717, 1.165) is 45.1 Å². The van der Waals surface area contributed by atoms with E-state index in [-0.39, 0.29) is 5.56 Å². The van der Waals surface area contributed by atoms with Crippen LogP contribution in [0.25, 0.3) is 15.9 Å². The number of pyridine rings is 1. The van der Waals surface area contributed by atoms with Crippen molar-refractivity contribution in [2.75, 3.05) is 0 Å². The number of hydrogen-bond donors (Lipinski definition) is 0. The van der Waals surface area contributed by atoms with E-state index in [1.54, 1.807) is 27.7 Å². The van der Waals surface area contributed by atoms with Gasteiger partial charge in [-0.25, -0.2) is 9.97 Å². The summed E-state index contributed by atoms with van der Waals surface area (Å²) in [7, 11) is 1.83. The van der Waals surface area contributed by atoms with Gasteiger partial charge in [-0.3, -0.25) is 9.36 Å².